The molecule has 2 aromatic rings. The number of likely N-dealkylation sites (N-methyl/N-ethyl adjacent to an activating group) is 1. The van der Waals surface area contributed by atoms with Crippen molar-refractivity contribution < 1.29 is 9.32 Å². The zero-order valence-corrected chi connectivity index (χ0v) is 13.8. The van der Waals surface area contributed by atoms with Crippen LogP contribution in [0.3, 0.4) is 0 Å². The van der Waals surface area contributed by atoms with E-state index in [4.69, 9.17) is 10.3 Å². The molecule has 1 fully saturated rings. The van der Waals surface area contributed by atoms with Crippen LogP contribution in [-0.2, 0) is 0 Å². The third-order valence-corrected chi connectivity index (χ3v) is 4.57. The van der Waals surface area contributed by atoms with Crippen LogP contribution >= 0.6 is 11.8 Å². The molecule has 0 radical (unpaired) electrons. The van der Waals surface area contributed by atoms with Gasteiger partial charge in [-0.2, -0.15) is 0 Å². The van der Waals surface area contributed by atoms with Crippen molar-refractivity contribution in [1.29, 1.82) is 0 Å². The topological polar surface area (TPSA) is 101 Å². The SMILES string of the molecule is CC(=O)c1conc1Sc1cnc(N2CCN(C)CC2)c(N)n1. The lowest BCUT2D eigenvalue weighted by Gasteiger charge is -2.33. The average molecular weight is 334 g/mol. The van der Waals surface area contributed by atoms with Crippen molar-refractivity contribution in [2.45, 2.75) is 17.0 Å². The summed E-state index contributed by atoms with van der Waals surface area (Å²) in [5.41, 5.74) is 6.49. The summed E-state index contributed by atoms with van der Waals surface area (Å²) in [5.74, 6) is 0.977. The van der Waals surface area contributed by atoms with Crippen molar-refractivity contribution in [1.82, 2.24) is 20.0 Å². The fraction of sp³-hybridized carbons (Fsp3) is 0.429. The maximum atomic E-state index is 11.5. The van der Waals surface area contributed by atoms with E-state index in [2.05, 4.69) is 32.0 Å². The van der Waals surface area contributed by atoms with Gasteiger partial charge >= 0.3 is 0 Å². The molecule has 23 heavy (non-hydrogen) atoms. The van der Waals surface area contributed by atoms with Crippen molar-refractivity contribution in [2.24, 2.45) is 0 Å². The van der Waals surface area contributed by atoms with Crippen molar-refractivity contribution in [3.8, 4) is 0 Å². The highest BCUT2D eigenvalue weighted by Gasteiger charge is 2.20. The van der Waals surface area contributed by atoms with Crippen LogP contribution in [0.25, 0.3) is 0 Å². The molecule has 2 aromatic heterocycles. The van der Waals surface area contributed by atoms with Crippen LogP contribution < -0.4 is 10.6 Å². The van der Waals surface area contributed by atoms with Gasteiger partial charge in [0, 0.05) is 26.2 Å². The van der Waals surface area contributed by atoms with Gasteiger partial charge < -0.3 is 20.1 Å². The standard InChI is InChI=1S/C14H18N6O2S/c1-9(21)10-8-22-18-14(10)23-11-7-16-13(12(15)17-11)20-5-3-19(2)4-6-20/h7-8H,3-6H2,1-2H3,(H2,15,17). The van der Waals surface area contributed by atoms with Crippen molar-refractivity contribution in [3.05, 3.63) is 18.0 Å². The fourth-order valence-electron chi connectivity index (χ4n) is 2.32. The summed E-state index contributed by atoms with van der Waals surface area (Å²) in [6.07, 6.45) is 2.98. The highest BCUT2D eigenvalue weighted by atomic mass is 32.2. The van der Waals surface area contributed by atoms with Crippen LogP contribution in [0.5, 0.6) is 0 Å². The smallest absolute Gasteiger partial charge is 0.171 e. The van der Waals surface area contributed by atoms with Crippen molar-refractivity contribution >= 4 is 29.2 Å². The molecule has 2 N–H and O–H groups in total. The molecule has 9 heteroatoms. The summed E-state index contributed by atoms with van der Waals surface area (Å²) < 4.78 is 4.85. The van der Waals surface area contributed by atoms with E-state index < -0.39 is 0 Å². The van der Waals surface area contributed by atoms with Crippen molar-refractivity contribution in [2.75, 3.05) is 43.9 Å². The molecule has 0 saturated carbocycles. The predicted molar refractivity (Wildman–Crippen MR) is 86.8 cm³/mol. The number of aromatic nitrogens is 3. The minimum Gasteiger partial charge on any atom is -0.381 e. The molecule has 3 rings (SSSR count). The number of nitrogen functional groups attached to an aromatic ring is 1. The molecule has 3 heterocycles. The van der Waals surface area contributed by atoms with Gasteiger partial charge in [0.25, 0.3) is 0 Å². The molecule has 0 spiro atoms. The summed E-state index contributed by atoms with van der Waals surface area (Å²) in [7, 11) is 2.09. The van der Waals surface area contributed by atoms with Gasteiger partial charge in [-0.15, -0.1) is 0 Å². The summed E-state index contributed by atoms with van der Waals surface area (Å²) in [5, 5.41) is 4.88. The number of ketones is 1. The molecular weight excluding hydrogens is 316 g/mol. The maximum Gasteiger partial charge on any atom is 0.171 e. The van der Waals surface area contributed by atoms with E-state index in [9.17, 15) is 4.79 Å². The molecule has 1 aliphatic rings. The second kappa shape index (κ2) is 6.55. The Balaban J connectivity index is 1.77. The number of nitrogens with zero attached hydrogens (tertiary/aromatic N) is 5. The molecule has 0 unspecified atom stereocenters. The number of Topliss-reactive ketones (excluding diaryl/α,β-unsaturated/α-hetero) is 1. The van der Waals surface area contributed by atoms with Gasteiger partial charge in [-0.25, -0.2) is 9.97 Å². The van der Waals surface area contributed by atoms with Crippen LogP contribution in [-0.4, -0.2) is 59.0 Å². The van der Waals surface area contributed by atoms with E-state index >= 15 is 0 Å². The van der Waals surface area contributed by atoms with Gasteiger partial charge in [0.15, 0.2) is 22.4 Å². The lowest BCUT2D eigenvalue weighted by Crippen LogP contribution is -2.45. The lowest BCUT2D eigenvalue weighted by molar-refractivity contribution is 0.101. The number of carbonyl (C=O) groups is 1. The number of nitrogens with two attached hydrogens (primary N) is 1. The highest BCUT2D eigenvalue weighted by Crippen LogP contribution is 2.30. The number of anilines is 2. The van der Waals surface area contributed by atoms with Gasteiger partial charge in [-0.1, -0.05) is 5.16 Å². The first-order valence-corrected chi connectivity index (χ1v) is 8.05. The Morgan fingerprint density at radius 2 is 2.09 bits per heavy atom. The summed E-state index contributed by atoms with van der Waals surface area (Å²) in [6, 6.07) is 0. The first-order chi connectivity index (χ1) is 11.0. The third kappa shape index (κ3) is 3.45. The van der Waals surface area contributed by atoms with E-state index in [1.165, 1.54) is 24.9 Å². The molecular formula is C14H18N6O2S. The quantitative estimate of drug-likeness (QED) is 0.825. The van der Waals surface area contributed by atoms with Gasteiger partial charge in [-0.3, -0.25) is 4.79 Å². The molecule has 0 amide bonds. The second-order valence-corrected chi connectivity index (χ2v) is 6.41. The number of piperazine rings is 1. The van der Waals surface area contributed by atoms with E-state index in [1.807, 2.05) is 0 Å². The third-order valence-electron chi connectivity index (χ3n) is 3.68. The summed E-state index contributed by atoms with van der Waals surface area (Å²) in [4.78, 5) is 24.7. The molecule has 0 aromatic carbocycles. The Labute approximate surface area is 138 Å². The second-order valence-electron chi connectivity index (χ2n) is 5.40. The lowest BCUT2D eigenvalue weighted by atomic mass is 10.3. The van der Waals surface area contributed by atoms with Crippen LogP contribution in [0.2, 0.25) is 0 Å². The Kier molecular flexibility index (Phi) is 4.49. The van der Waals surface area contributed by atoms with Crippen LogP contribution in [0.15, 0.2) is 27.0 Å². The fourth-order valence-corrected chi connectivity index (χ4v) is 3.15. The molecule has 0 atom stereocenters. The van der Waals surface area contributed by atoms with E-state index in [1.54, 1.807) is 6.20 Å². The van der Waals surface area contributed by atoms with Crippen LogP contribution in [0, 0.1) is 0 Å². The van der Waals surface area contributed by atoms with E-state index in [0.29, 0.717) is 27.3 Å². The first kappa shape index (κ1) is 15.8. The normalized spacial score (nSPS) is 15.8. The Hall–Kier alpha value is -2.13. The largest absolute Gasteiger partial charge is 0.381 e. The Bertz CT molecular complexity index is 711. The number of hydrogen-bond donors (Lipinski definition) is 1. The molecule has 0 bridgehead atoms. The monoisotopic (exact) mass is 334 g/mol. The minimum atomic E-state index is -0.108. The Morgan fingerprint density at radius 3 is 2.74 bits per heavy atom. The number of hydrogen-bond acceptors (Lipinski definition) is 9. The van der Waals surface area contributed by atoms with Crippen LogP contribution in [0.1, 0.15) is 17.3 Å². The highest BCUT2D eigenvalue weighted by molar-refractivity contribution is 7.99. The molecule has 122 valence electrons. The molecule has 1 aliphatic heterocycles. The minimum absolute atomic E-state index is 0.108. The summed E-state index contributed by atoms with van der Waals surface area (Å²) >= 11 is 1.21. The van der Waals surface area contributed by atoms with E-state index in [-0.39, 0.29) is 5.78 Å². The van der Waals surface area contributed by atoms with Gasteiger partial charge in [0.05, 0.1) is 11.8 Å². The first-order valence-electron chi connectivity index (χ1n) is 7.24. The van der Waals surface area contributed by atoms with Gasteiger partial charge in [0.1, 0.15) is 11.3 Å². The Morgan fingerprint density at radius 1 is 1.35 bits per heavy atom. The average Bonchev–Trinajstić information content (AvgIpc) is 2.97. The zero-order chi connectivity index (χ0) is 16.4. The predicted octanol–water partition coefficient (Wildman–Crippen LogP) is 1.15. The number of carbonyl (C=O) groups excluding carboxylic acids is 1. The molecule has 0 aliphatic carbocycles. The van der Waals surface area contributed by atoms with Gasteiger partial charge in [-0.05, 0) is 25.7 Å². The molecule has 1 saturated heterocycles. The van der Waals surface area contributed by atoms with Crippen LogP contribution in [0.4, 0.5) is 11.6 Å². The maximum absolute atomic E-state index is 11.5. The number of rotatable bonds is 4. The zero-order valence-electron chi connectivity index (χ0n) is 13.0. The van der Waals surface area contributed by atoms with E-state index in [0.717, 1.165) is 26.2 Å². The summed E-state index contributed by atoms with van der Waals surface area (Å²) in [6.45, 7) is 5.16. The molecule has 8 nitrogen and oxygen atoms in total. The van der Waals surface area contributed by atoms with Gasteiger partial charge in [0.2, 0.25) is 0 Å². The van der Waals surface area contributed by atoms with Crippen molar-refractivity contribution in [3.63, 3.8) is 0 Å².